The van der Waals surface area contributed by atoms with Crippen molar-refractivity contribution in [1.82, 2.24) is 9.38 Å². The second-order valence-corrected chi connectivity index (χ2v) is 8.24. The molecule has 2 aromatic heterocycles. The van der Waals surface area contributed by atoms with Gasteiger partial charge >= 0.3 is 0 Å². The average Bonchev–Trinajstić information content (AvgIpc) is 3.19. The monoisotopic (exact) mass is 375 g/mol. The lowest BCUT2D eigenvalue weighted by molar-refractivity contribution is 0.577. The van der Waals surface area contributed by atoms with E-state index in [1.54, 1.807) is 4.40 Å². The molecule has 0 saturated carbocycles. The summed E-state index contributed by atoms with van der Waals surface area (Å²) in [6, 6.07) is 14.3. The molecule has 0 radical (unpaired) electrons. The van der Waals surface area contributed by atoms with Crippen LogP contribution < -0.4 is 15.0 Å². The maximum Gasteiger partial charge on any atom is 0.274 e. The Morgan fingerprint density at radius 3 is 2.70 bits per heavy atom. The fraction of sp³-hybridized carbons (Fsp3) is 0.273. The smallest absolute Gasteiger partial charge is 0.274 e. The van der Waals surface area contributed by atoms with Gasteiger partial charge in [0.25, 0.3) is 5.56 Å². The summed E-state index contributed by atoms with van der Waals surface area (Å²) in [6.07, 6.45) is 5.87. The third kappa shape index (κ3) is 2.82. The summed E-state index contributed by atoms with van der Waals surface area (Å²) in [5.41, 5.74) is 5.42. The summed E-state index contributed by atoms with van der Waals surface area (Å²) in [4.78, 5) is 20.7. The molecule has 3 heterocycles. The molecule has 1 aliphatic rings. The molecule has 0 unspecified atom stereocenters. The molecule has 0 amide bonds. The van der Waals surface area contributed by atoms with Crippen molar-refractivity contribution in [2.75, 3.05) is 18.0 Å². The number of benzene rings is 2. The fourth-order valence-corrected chi connectivity index (χ4v) is 5.01. The zero-order valence-corrected chi connectivity index (χ0v) is 16.1. The number of aromatic nitrogens is 2. The molecule has 1 fully saturated rings. The topological polar surface area (TPSA) is 37.6 Å². The van der Waals surface area contributed by atoms with E-state index in [-0.39, 0.29) is 5.56 Å². The highest BCUT2D eigenvalue weighted by Crippen LogP contribution is 2.25. The first kappa shape index (κ1) is 16.5. The van der Waals surface area contributed by atoms with E-state index in [2.05, 4.69) is 35.0 Å². The highest BCUT2D eigenvalue weighted by molar-refractivity contribution is 7.15. The zero-order valence-electron chi connectivity index (χ0n) is 15.3. The van der Waals surface area contributed by atoms with Crippen LogP contribution in [0.5, 0.6) is 0 Å². The molecular weight excluding hydrogens is 354 g/mol. The summed E-state index contributed by atoms with van der Waals surface area (Å²) in [6.45, 7) is 4.45. The van der Waals surface area contributed by atoms with Crippen molar-refractivity contribution >= 4 is 39.1 Å². The van der Waals surface area contributed by atoms with Crippen LogP contribution in [0.4, 0.5) is 5.69 Å². The number of nitrogens with zero attached hydrogens (tertiary/aromatic N) is 3. The molecule has 4 aromatic rings. The van der Waals surface area contributed by atoms with Gasteiger partial charge < -0.3 is 4.90 Å². The van der Waals surface area contributed by atoms with Gasteiger partial charge in [-0.3, -0.25) is 4.79 Å². The summed E-state index contributed by atoms with van der Waals surface area (Å²) < 4.78 is 2.45. The normalized spacial score (nSPS) is 15.9. The lowest BCUT2D eigenvalue weighted by Gasteiger charge is -2.30. The minimum atomic E-state index is 0.0152. The van der Waals surface area contributed by atoms with Gasteiger partial charge in [0.2, 0.25) is 0 Å². The number of fused-ring (bicyclic) bond motifs is 3. The molecule has 27 heavy (non-hydrogen) atoms. The van der Waals surface area contributed by atoms with E-state index >= 15 is 0 Å². The van der Waals surface area contributed by atoms with Crippen molar-refractivity contribution in [3.8, 4) is 0 Å². The Hall–Kier alpha value is -2.66. The van der Waals surface area contributed by atoms with Gasteiger partial charge in [-0.1, -0.05) is 29.5 Å². The predicted octanol–water partition coefficient (Wildman–Crippen LogP) is 3.76. The number of rotatable bonds is 2. The molecule has 0 N–H and O–H groups in total. The SMILES string of the molecule is Cc1cc(/C=c2\sc3nc4ccccc4n3c2=O)ccc1N1CCCCC1. The lowest BCUT2D eigenvalue weighted by atomic mass is 10.1. The Bertz CT molecular complexity index is 1250. The molecule has 1 aliphatic heterocycles. The molecule has 5 rings (SSSR count). The van der Waals surface area contributed by atoms with Crippen LogP contribution in [0.15, 0.2) is 47.3 Å². The van der Waals surface area contributed by atoms with Gasteiger partial charge in [0.05, 0.1) is 15.6 Å². The Kier molecular flexibility index (Phi) is 3.97. The van der Waals surface area contributed by atoms with Crippen molar-refractivity contribution in [2.45, 2.75) is 26.2 Å². The number of piperidine rings is 1. The maximum atomic E-state index is 12.9. The van der Waals surface area contributed by atoms with Gasteiger partial charge in [-0.2, -0.15) is 0 Å². The van der Waals surface area contributed by atoms with Crippen LogP contribution in [0.1, 0.15) is 30.4 Å². The number of hydrogen-bond acceptors (Lipinski definition) is 4. The van der Waals surface area contributed by atoms with Gasteiger partial charge in [-0.25, -0.2) is 9.38 Å². The number of para-hydroxylation sites is 2. The van der Waals surface area contributed by atoms with Crippen molar-refractivity contribution in [3.63, 3.8) is 0 Å². The van der Waals surface area contributed by atoms with E-state index in [4.69, 9.17) is 0 Å². The Morgan fingerprint density at radius 1 is 1.07 bits per heavy atom. The number of aryl methyl sites for hydroxylation is 1. The maximum absolute atomic E-state index is 12.9. The fourth-order valence-electron chi connectivity index (χ4n) is 4.02. The van der Waals surface area contributed by atoms with Crippen LogP contribution in [0.3, 0.4) is 0 Å². The van der Waals surface area contributed by atoms with Gasteiger partial charge in [0, 0.05) is 18.8 Å². The summed E-state index contributed by atoms with van der Waals surface area (Å²) >= 11 is 1.46. The molecule has 0 spiro atoms. The zero-order chi connectivity index (χ0) is 18.4. The first-order chi connectivity index (χ1) is 13.2. The lowest BCUT2D eigenvalue weighted by Crippen LogP contribution is -2.29. The number of anilines is 1. The Labute approximate surface area is 161 Å². The first-order valence-corrected chi connectivity index (χ1v) is 10.3. The molecule has 4 nitrogen and oxygen atoms in total. The number of hydrogen-bond donors (Lipinski definition) is 0. The highest BCUT2D eigenvalue weighted by Gasteiger charge is 2.13. The standard InChI is InChI=1S/C22H21N3OS/c1-15-13-16(9-10-18(15)24-11-5-2-6-12-24)14-20-21(26)25-19-8-4-3-7-17(19)23-22(25)27-20/h3-4,7-10,13-14H,2,5-6,11-12H2,1H3/b20-14-. The molecule has 0 atom stereocenters. The van der Waals surface area contributed by atoms with E-state index in [9.17, 15) is 4.79 Å². The Morgan fingerprint density at radius 2 is 1.89 bits per heavy atom. The third-order valence-corrected chi connectivity index (χ3v) is 6.33. The van der Waals surface area contributed by atoms with E-state index in [1.807, 2.05) is 30.3 Å². The third-order valence-electron chi connectivity index (χ3n) is 5.36. The number of imidazole rings is 1. The molecule has 1 saturated heterocycles. The van der Waals surface area contributed by atoms with Crippen LogP contribution in [0, 0.1) is 6.92 Å². The molecule has 0 bridgehead atoms. The van der Waals surface area contributed by atoms with Gasteiger partial charge in [-0.05, 0) is 67.7 Å². The van der Waals surface area contributed by atoms with E-state index in [1.165, 1.54) is 41.9 Å². The minimum absolute atomic E-state index is 0.0152. The van der Waals surface area contributed by atoms with Gasteiger partial charge in [0.15, 0.2) is 4.96 Å². The minimum Gasteiger partial charge on any atom is -0.371 e. The van der Waals surface area contributed by atoms with Crippen LogP contribution in [0.25, 0.3) is 22.1 Å². The van der Waals surface area contributed by atoms with E-state index in [0.717, 1.165) is 39.2 Å². The van der Waals surface area contributed by atoms with Crippen LogP contribution in [-0.4, -0.2) is 22.5 Å². The highest BCUT2D eigenvalue weighted by atomic mass is 32.1. The summed E-state index contributed by atoms with van der Waals surface area (Å²) in [7, 11) is 0. The molecule has 5 heteroatoms. The summed E-state index contributed by atoms with van der Waals surface area (Å²) in [5, 5.41) is 0. The average molecular weight is 375 g/mol. The van der Waals surface area contributed by atoms with E-state index < -0.39 is 0 Å². The molecular formula is C22H21N3OS. The van der Waals surface area contributed by atoms with Gasteiger partial charge in [0.1, 0.15) is 0 Å². The number of thiazole rings is 1. The second kappa shape index (κ2) is 6.50. The molecule has 0 aliphatic carbocycles. The largest absolute Gasteiger partial charge is 0.371 e. The van der Waals surface area contributed by atoms with Crippen molar-refractivity contribution < 1.29 is 0 Å². The molecule has 136 valence electrons. The van der Waals surface area contributed by atoms with Crippen LogP contribution in [0.2, 0.25) is 0 Å². The van der Waals surface area contributed by atoms with Gasteiger partial charge in [-0.15, -0.1) is 0 Å². The van der Waals surface area contributed by atoms with Crippen molar-refractivity contribution in [3.05, 3.63) is 68.5 Å². The quantitative estimate of drug-likeness (QED) is 0.535. The van der Waals surface area contributed by atoms with Crippen LogP contribution in [-0.2, 0) is 0 Å². The summed E-state index contributed by atoms with van der Waals surface area (Å²) in [5.74, 6) is 0. The second-order valence-electron chi connectivity index (χ2n) is 7.23. The predicted molar refractivity (Wildman–Crippen MR) is 113 cm³/mol. The van der Waals surface area contributed by atoms with Crippen molar-refractivity contribution in [1.29, 1.82) is 0 Å². The van der Waals surface area contributed by atoms with E-state index in [0.29, 0.717) is 0 Å². The van der Waals surface area contributed by atoms with Crippen LogP contribution >= 0.6 is 11.3 Å². The first-order valence-electron chi connectivity index (χ1n) is 9.48. The molecule has 2 aromatic carbocycles. The Balaban J connectivity index is 1.57. The van der Waals surface area contributed by atoms with Crippen molar-refractivity contribution in [2.24, 2.45) is 0 Å².